The van der Waals surface area contributed by atoms with Gasteiger partial charge in [-0.15, -0.1) is 0 Å². The second-order valence-electron chi connectivity index (χ2n) is 4.98. The number of aromatic hydroxyl groups is 2. The number of carbonyl (C=O) groups excluding carboxylic acids is 1. The van der Waals surface area contributed by atoms with Gasteiger partial charge in [0, 0.05) is 12.1 Å². The summed E-state index contributed by atoms with van der Waals surface area (Å²) >= 11 is 0. The smallest absolute Gasteiger partial charge is 0.255 e. The van der Waals surface area contributed by atoms with Crippen molar-refractivity contribution in [3.63, 3.8) is 0 Å². The Morgan fingerprint density at radius 3 is 2.94 bits per heavy atom. The highest BCUT2D eigenvalue weighted by atomic mass is 16.3. The number of phenolic OH excluding ortho intramolecular Hbond substituents is 2. The molecule has 1 fully saturated rings. The van der Waals surface area contributed by atoms with E-state index in [-0.39, 0.29) is 28.5 Å². The Morgan fingerprint density at radius 1 is 1.50 bits per heavy atom. The lowest BCUT2D eigenvalue weighted by atomic mass is 10.0. The minimum Gasteiger partial charge on any atom is -0.508 e. The molecule has 1 aromatic carbocycles. The standard InChI is InChI=1S/C13H18N2O3/c1-13(5-2-6-15-13)8-14-12(18)10-7-9(16)3-4-11(10)17/h3-4,7,15-17H,2,5-6,8H2,1H3,(H,14,18). The molecule has 1 atom stereocenters. The van der Waals surface area contributed by atoms with E-state index in [0.29, 0.717) is 6.54 Å². The summed E-state index contributed by atoms with van der Waals surface area (Å²) in [5, 5.41) is 25.0. The van der Waals surface area contributed by atoms with Crippen molar-refractivity contribution < 1.29 is 15.0 Å². The molecule has 1 amide bonds. The maximum Gasteiger partial charge on any atom is 0.255 e. The predicted octanol–water partition coefficient (Wildman–Crippen LogP) is 0.970. The SMILES string of the molecule is CC1(CNC(=O)c2cc(O)ccc2O)CCCN1. The fraction of sp³-hybridized carbons (Fsp3) is 0.462. The Hall–Kier alpha value is -1.75. The summed E-state index contributed by atoms with van der Waals surface area (Å²) < 4.78 is 0. The summed E-state index contributed by atoms with van der Waals surface area (Å²) in [5.74, 6) is -0.545. The Balaban J connectivity index is 2.01. The van der Waals surface area contributed by atoms with Crippen LogP contribution in [-0.4, -0.2) is 34.7 Å². The van der Waals surface area contributed by atoms with Crippen LogP contribution in [0.1, 0.15) is 30.1 Å². The molecule has 0 radical (unpaired) electrons. The summed E-state index contributed by atoms with van der Waals surface area (Å²) in [6.45, 7) is 3.52. The summed E-state index contributed by atoms with van der Waals surface area (Å²) in [7, 11) is 0. The fourth-order valence-electron chi connectivity index (χ4n) is 2.18. The number of amides is 1. The number of nitrogens with one attached hydrogen (secondary N) is 2. The number of phenols is 2. The Labute approximate surface area is 106 Å². The third-order valence-corrected chi connectivity index (χ3v) is 3.32. The Kier molecular flexibility index (Phi) is 3.43. The van der Waals surface area contributed by atoms with Crippen LogP contribution in [0.4, 0.5) is 0 Å². The monoisotopic (exact) mass is 250 g/mol. The summed E-state index contributed by atoms with van der Waals surface area (Å²) in [5.41, 5.74) is 0.0128. The molecule has 4 N–H and O–H groups in total. The number of carbonyl (C=O) groups is 1. The zero-order chi connectivity index (χ0) is 13.2. The third kappa shape index (κ3) is 2.73. The van der Waals surface area contributed by atoms with Crippen molar-refractivity contribution >= 4 is 5.91 Å². The van der Waals surface area contributed by atoms with E-state index in [1.807, 2.05) is 0 Å². The van der Waals surface area contributed by atoms with Crippen LogP contribution in [0, 0.1) is 0 Å². The highest BCUT2D eigenvalue weighted by Gasteiger charge is 2.28. The van der Waals surface area contributed by atoms with Crippen LogP contribution in [0.3, 0.4) is 0 Å². The highest BCUT2D eigenvalue weighted by Crippen LogP contribution is 2.22. The molecular weight excluding hydrogens is 232 g/mol. The second-order valence-corrected chi connectivity index (χ2v) is 4.98. The Bertz CT molecular complexity index is 454. The van der Waals surface area contributed by atoms with Crippen molar-refractivity contribution in [2.45, 2.75) is 25.3 Å². The van der Waals surface area contributed by atoms with Crippen LogP contribution in [-0.2, 0) is 0 Å². The van der Waals surface area contributed by atoms with Crippen molar-refractivity contribution in [3.05, 3.63) is 23.8 Å². The van der Waals surface area contributed by atoms with Gasteiger partial charge < -0.3 is 20.8 Å². The molecule has 0 aromatic heterocycles. The van der Waals surface area contributed by atoms with E-state index in [1.54, 1.807) is 0 Å². The molecule has 1 aliphatic heterocycles. The van der Waals surface area contributed by atoms with E-state index in [0.717, 1.165) is 19.4 Å². The first-order chi connectivity index (χ1) is 8.50. The molecule has 0 spiro atoms. The molecule has 1 aromatic rings. The topological polar surface area (TPSA) is 81.6 Å². The van der Waals surface area contributed by atoms with Crippen LogP contribution in [0.2, 0.25) is 0 Å². The molecule has 1 aliphatic rings. The van der Waals surface area contributed by atoms with Crippen molar-refractivity contribution in [3.8, 4) is 11.5 Å². The summed E-state index contributed by atoms with van der Waals surface area (Å²) in [6, 6.07) is 3.90. The van der Waals surface area contributed by atoms with Gasteiger partial charge >= 0.3 is 0 Å². The lowest BCUT2D eigenvalue weighted by Gasteiger charge is -2.24. The molecule has 1 unspecified atom stereocenters. The first-order valence-corrected chi connectivity index (χ1v) is 6.05. The quantitative estimate of drug-likeness (QED) is 0.603. The largest absolute Gasteiger partial charge is 0.508 e. The molecule has 5 heteroatoms. The maximum absolute atomic E-state index is 11.9. The molecular formula is C13H18N2O3. The van der Waals surface area contributed by atoms with Crippen molar-refractivity contribution in [2.24, 2.45) is 0 Å². The van der Waals surface area contributed by atoms with Gasteiger partial charge in [-0.2, -0.15) is 0 Å². The molecule has 1 saturated heterocycles. The van der Waals surface area contributed by atoms with Gasteiger partial charge in [-0.3, -0.25) is 4.79 Å². The zero-order valence-electron chi connectivity index (χ0n) is 10.4. The lowest BCUT2D eigenvalue weighted by molar-refractivity contribution is 0.0939. The minimum absolute atomic E-state index is 0.0387. The fourth-order valence-corrected chi connectivity index (χ4v) is 2.18. The molecule has 18 heavy (non-hydrogen) atoms. The molecule has 1 heterocycles. The van der Waals surface area contributed by atoms with Crippen LogP contribution in [0.15, 0.2) is 18.2 Å². The molecule has 98 valence electrons. The van der Waals surface area contributed by atoms with E-state index in [4.69, 9.17) is 0 Å². The predicted molar refractivity (Wildman–Crippen MR) is 67.7 cm³/mol. The first-order valence-electron chi connectivity index (χ1n) is 6.05. The van der Waals surface area contributed by atoms with Crippen molar-refractivity contribution in [1.82, 2.24) is 10.6 Å². The van der Waals surface area contributed by atoms with E-state index < -0.39 is 0 Å². The van der Waals surface area contributed by atoms with Crippen LogP contribution < -0.4 is 10.6 Å². The minimum atomic E-state index is -0.377. The van der Waals surface area contributed by atoms with Gasteiger partial charge in [-0.05, 0) is 44.5 Å². The molecule has 0 aliphatic carbocycles. The number of rotatable bonds is 3. The van der Waals surface area contributed by atoms with Crippen LogP contribution >= 0.6 is 0 Å². The number of hydrogen-bond acceptors (Lipinski definition) is 4. The van der Waals surface area contributed by atoms with Gasteiger partial charge in [0.1, 0.15) is 11.5 Å². The Morgan fingerprint density at radius 2 is 2.28 bits per heavy atom. The molecule has 5 nitrogen and oxygen atoms in total. The van der Waals surface area contributed by atoms with Crippen molar-refractivity contribution in [2.75, 3.05) is 13.1 Å². The molecule has 0 bridgehead atoms. The summed E-state index contributed by atoms with van der Waals surface area (Å²) in [4.78, 5) is 11.9. The first kappa shape index (κ1) is 12.7. The molecule has 0 saturated carbocycles. The van der Waals surface area contributed by atoms with Gasteiger partial charge in [-0.1, -0.05) is 0 Å². The lowest BCUT2D eigenvalue weighted by Crippen LogP contribution is -2.47. The van der Waals surface area contributed by atoms with Crippen molar-refractivity contribution in [1.29, 1.82) is 0 Å². The van der Waals surface area contributed by atoms with Gasteiger partial charge in [-0.25, -0.2) is 0 Å². The van der Waals surface area contributed by atoms with Gasteiger partial charge in [0.05, 0.1) is 5.56 Å². The van der Waals surface area contributed by atoms with E-state index >= 15 is 0 Å². The zero-order valence-corrected chi connectivity index (χ0v) is 10.4. The van der Waals surface area contributed by atoms with E-state index in [1.165, 1.54) is 18.2 Å². The third-order valence-electron chi connectivity index (χ3n) is 3.32. The second kappa shape index (κ2) is 4.86. The number of benzene rings is 1. The van der Waals surface area contributed by atoms with Crippen LogP contribution in [0.25, 0.3) is 0 Å². The van der Waals surface area contributed by atoms with Crippen LogP contribution in [0.5, 0.6) is 11.5 Å². The van der Waals surface area contributed by atoms with Gasteiger partial charge in [0.15, 0.2) is 0 Å². The normalized spacial score (nSPS) is 22.9. The maximum atomic E-state index is 11.9. The average molecular weight is 250 g/mol. The summed E-state index contributed by atoms with van der Waals surface area (Å²) in [6.07, 6.45) is 2.11. The number of hydrogen-bond donors (Lipinski definition) is 4. The average Bonchev–Trinajstić information content (AvgIpc) is 2.77. The molecule has 2 rings (SSSR count). The van der Waals surface area contributed by atoms with E-state index in [9.17, 15) is 15.0 Å². The highest BCUT2D eigenvalue weighted by molar-refractivity contribution is 5.97. The van der Waals surface area contributed by atoms with Gasteiger partial charge in [0.25, 0.3) is 5.91 Å². The van der Waals surface area contributed by atoms with E-state index in [2.05, 4.69) is 17.6 Å². The van der Waals surface area contributed by atoms with Gasteiger partial charge in [0.2, 0.25) is 0 Å².